The summed E-state index contributed by atoms with van der Waals surface area (Å²) in [5.41, 5.74) is 2.26. The first-order valence-corrected chi connectivity index (χ1v) is 8.43. The van der Waals surface area contributed by atoms with Crippen LogP contribution < -0.4 is 9.64 Å². The molecule has 1 amide bonds. The number of nitro benzene ring substituents is 1. The highest BCUT2D eigenvalue weighted by Crippen LogP contribution is 2.28. The van der Waals surface area contributed by atoms with Gasteiger partial charge >= 0.3 is 0 Å². The van der Waals surface area contributed by atoms with Crippen molar-refractivity contribution in [2.75, 3.05) is 38.2 Å². The van der Waals surface area contributed by atoms with Gasteiger partial charge in [0.05, 0.1) is 12.0 Å². The molecule has 0 atom stereocenters. The van der Waals surface area contributed by atoms with E-state index in [-0.39, 0.29) is 16.5 Å². The second kappa shape index (κ2) is 7.43. The number of amides is 1. The molecule has 0 aromatic heterocycles. The predicted molar refractivity (Wildman–Crippen MR) is 98.9 cm³/mol. The molecule has 26 heavy (non-hydrogen) atoms. The third-order valence-electron chi connectivity index (χ3n) is 4.64. The molecule has 0 N–H and O–H groups in total. The van der Waals surface area contributed by atoms with Crippen LogP contribution in [0.4, 0.5) is 11.4 Å². The molecule has 1 fully saturated rings. The van der Waals surface area contributed by atoms with E-state index in [1.807, 2.05) is 17.9 Å². The Morgan fingerprint density at radius 3 is 2.46 bits per heavy atom. The van der Waals surface area contributed by atoms with Crippen LogP contribution in [-0.2, 0) is 0 Å². The first kappa shape index (κ1) is 17.7. The molecule has 0 aliphatic carbocycles. The number of aryl methyl sites for hydroxylation is 1. The van der Waals surface area contributed by atoms with Gasteiger partial charge in [0.1, 0.15) is 11.4 Å². The predicted octanol–water partition coefficient (Wildman–Crippen LogP) is 2.87. The molecule has 0 bridgehead atoms. The highest BCUT2D eigenvalue weighted by Gasteiger charge is 2.26. The fraction of sp³-hybridized carbons (Fsp3) is 0.316. The molecule has 136 valence electrons. The first-order chi connectivity index (χ1) is 12.5. The third-order valence-corrected chi connectivity index (χ3v) is 4.64. The number of carbonyl (C=O) groups is 1. The molecule has 7 nitrogen and oxygen atoms in total. The molecule has 2 aromatic rings. The van der Waals surface area contributed by atoms with Crippen molar-refractivity contribution >= 4 is 17.3 Å². The molecule has 2 aromatic carbocycles. The maximum absolute atomic E-state index is 12.7. The summed E-state index contributed by atoms with van der Waals surface area (Å²) in [5.74, 6) is 0.639. The molecule has 0 unspecified atom stereocenters. The number of nitro groups is 1. The molecule has 1 aliphatic rings. The number of benzene rings is 2. The number of nitrogens with zero attached hydrogens (tertiary/aromatic N) is 3. The van der Waals surface area contributed by atoms with Crippen LogP contribution in [0.2, 0.25) is 0 Å². The van der Waals surface area contributed by atoms with Gasteiger partial charge in [-0.3, -0.25) is 14.9 Å². The van der Waals surface area contributed by atoms with Gasteiger partial charge in [0, 0.05) is 37.8 Å². The van der Waals surface area contributed by atoms with Crippen molar-refractivity contribution < 1.29 is 14.5 Å². The van der Waals surface area contributed by atoms with Crippen molar-refractivity contribution in [1.82, 2.24) is 4.90 Å². The fourth-order valence-corrected chi connectivity index (χ4v) is 3.17. The Kier molecular flexibility index (Phi) is 5.06. The largest absolute Gasteiger partial charge is 0.496 e. The Labute approximate surface area is 151 Å². The molecule has 0 spiro atoms. The van der Waals surface area contributed by atoms with E-state index in [2.05, 4.69) is 0 Å². The van der Waals surface area contributed by atoms with Crippen LogP contribution >= 0.6 is 0 Å². The SMILES string of the molecule is COc1cc(C(=O)N2CCN(c3ccccc3[N+](=O)[O-])CC2)ccc1C. The minimum Gasteiger partial charge on any atom is -0.496 e. The zero-order valence-corrected chi connectivity index (χ0v) is 14.8. The number of hydrogen-bond donors (Lipinski definition) is 0. The molecular weight excluding hydrogens is 334 g/mol. The van der Waals surface area contributed by atoms with E-state index in [1.54, 1.807) is 42.3 Å². The van der Waals surface area contributed by atoms with Crippen molar-refractivity contribution in [3.63, 3.8) is 0 Å². The monoisotopic (exact) mass is 355 g/mol. The zero-order chi connectivity index (χ0) is 18.7. The molecule has 3 rings (SSSR count). The summed E-state index contributed by atoms with van der Waals surface area (Å²) in [5, 5.41) is 11.2. The maximum Gasteiger partial charge on any atom is 0.292 e. The van der Waals surface area contributed by atoms with E-state index in [0.29, 0.717) is 43.2 Å². The summed E-state index contributed by atoms with van der Waals surface area (Å²) in [6, 6.07) is 12.1. The van der Waals surface area contributed by atoms with E-state index < -0.39 is 0 Å². The van der Waals surface area contributed by atoms with Crippen LogP contribution in [-0.4, -0.2) is 49.0 Å². The quantitative estimate of drug-likeness (QED) is 0.623. The summed E-state index contributed by atoms with van der Waals surface area (Å²) in [7, 11) is 1.59. The van der Waals surface area contributed by atoms with Gasteiger partial charge in [-0.1, -0.05) is 18.2 Å². The van der Waals surface area contributed by atoms with Crippen molar-refractivity contribution in [2.45, 2.75) is 6.92 Å². The maximum atomic E-state index is 12.7. The van der Waals surface area contributed by atoms with Crippen molar-refractivity contribution in [3.05, 3.63) is 63.7 Å². The Morgan fingerprint density at radius 1 is 1.12 bits per heavy atom. The van der Waals surface area contributed by atoms with E-state index in [4.69, 9.17) is 4.74 Å². The van der Waals surface area contributed by atoms with Crippen molar-refractivity contribution in [2.24, 2.45) is 0 Å². The normalized spacial score (nSPS) is 14.2. The molecule has 1 saturated heterocycles. The lowest BCUT2D eigenvalue weighted by Gasteiger charge is -2.35. The van der Waals surface area contributed by atoms with Gasteiger partial charge in [-0.25, -0.2) is 0 Å². The molecule has 0 saturated carbocycles. The van der Waals surface area contributed by atoms with Gasteiger partial charge in [0.2, 0.25) is 0 Å². The van der Waals surface area contributed by atoms with Gasteiger partial charge in [-0.2, -0.15) is 0 Å². The first-order valence-electron chi connectivity index (χ1n) is 8.43. The highest BCUT2D eigenvalue weighted by atomic mass is 16.6. The Hall–Kier alpha value is -3.09. The number of anilines is 1. The lowest BCUT2D eigenvalue weighted by atomic mass is 10.1. The zero-order valence-electron chi connectivity index (χ0n) is 14.8. The fourth-order valence-electron chi connectivity index (χ4n) is 3.17. The number of ether oxygens (including phenoxy) is 1. The minimum atomic E-state index is -0.370. The highest BCUT2D eigenvalue weighted by molar-refractivity contribution is 5.95. The van der Waals surface area contributed by atoms with Crippen molar-refractivity contribution in [3.8, 4) is 5.75 Å². The Morgan fingerprint density at radius 2 is 1.81 bits per heavy atom. The van der Waals surface area contributed by atoms with E-state index >= 15 is 0 Å². The van der Waals surface area contributed by atoms with Crippen LogP contribution in [0.1, 0.15) is 15.9 Å². The summed E-state index contributed by atoms with van der Waals surface area (Å²) >= 11 is 0. The van der Waals surface area contributed by atoms with Gasteiger partial charge < -0.3 is 14.5 Å². The topological polar surface area (TPSA) is 75.9 Å². The number of para-hydroxylation sites is 2. The standard InChI is InChI=1S/C19H21N3O4/c1-14-7-8-15(13-18(14)26-2)19(23)21-11-9-20(10-12-21)16-5-3-4-6-17(16)22(24)25/h3-8,13H,9-12H2,1-2H3. The number of methoxy groups -OCH3 is 1. The van der Waals surface area contributed by atoms with Crippen LogP contribution in [0.25, 0.3) is 0 Å². The average molecular weight is 355 g/mol. The van der Waals surface area contributed by atoms with Gasteiger partial charge in [0.15, 0.2) is 0 Å². The van der Waals surface area contributed by atoms with E-state index in [9.17, 15) is 14.9 Å². The van der Waals surface area contributed by atoms with Crippen LogP contribution in [0.15, 0.2) is 42.5 Å². The molecular formula is C19H21N3O4. The summed E-state index contributed by atoms with van der Waals surface area (Å²) in [6.07, 6.45) is 0. The molecule has 7 heteroatoms. The second-order valence-electron chi connectivity index (χ2n) is 6.21. The summed E-state index contributed by atoms with van der Waals surface area (Å²) in [4.78, 5) is 27.3. The molecule has 1 aliphatic heterocycles. The lowest BCUT2D eigenvalue weighted by molar-refractivity contribution is -0.384. The van der Waals surface area contributed by atoms with Gasteiger partial charge in [-0.05, 0) is 30.7 Å². The minimum absolute atomic E-state index is 0.0505. The van der Waals surface area contributed by atoms with E-state index in [0.717, 1.165) is 5.56 Å². The summed E-state index contributed by atoms with van der Waals surface area (Å²) < 4.78 is 5.29. The number of carbonyl (C=O) groups excluding carboxylic acids is 1. The Bertz CT molecular complexity index is 829. The third kappa shape index (κ3) is 3.46. The molecule has 1 heterocycles. The van der Waals surface area contributed by atoms with Gasteiger partial charge in [0.25, 0.3) is 11.6 Å². The molecule has 0 radical (unpaired) electrons. The van der Waals surface area contributed by atoms with Crippen molar-refractivity contribution in [1.29, 1.82) is 0 Å². The number of hydrogen-bond acceptors (Lipinski definition) is 5. The average Bonchev–Trinajstić information content (AvgIpc) is 2.68. The smallest absolute Gasteiger partial charge is 0.292 e. The van der Waals surface area contributed by atoms with Gasteiger partial charge in [-0.15, -0.1) is 0 Å². The number of piperazine rings is 1. The second-order valence-corrected chi connectivity index (χ2v) is 6.21. The van der Waals surface area contributed by atoms with Crippen LogP contribution in [0, 0.1) is 17.0 Å². The van der Waals surface area contributed by atoms with Crippen LogP contribution in [0.3, 0.4) is 0 Å². The Balaban J connectivity index is 1.71. The van der Waals surface area contributed by atoms with E-state index in [1.165, 1.54) is 6.07 Å². The van der Waals surface area contributed by atoms with Crippen LogP contribution in [0.5, 0.6) is 5.75 Å². The lowest BCUT2D eigenvalue weighted by Crippen LogP contribution is -2.49. The number of rotatable bonds is 4. The summed E-state index contributed by atoms with van der Waals surface area (Å²) in [6.45, 7) is 4.07.